The quantitative estimate of drug-likeness (QED) is 0.111. The Morgan fingerprint density at radius 2 is 1.90 bits per heavy atom. The Kier molecular flexibility index (Phi) is 7.75. The molecule has 1 atom stereocenters. The number of carbonyl (C=O) groups is 2. The third kappa shape index (κ3) is 4.73. The molecule has 0 fully saturated rings. The van der Waals surface area contributed by atoms with Crippen molar-refractivity contribution in [3.63, 3.8) is 0 Å². The molecule has 216 valence electrons. The van der Waals surface area contributed by atoms with Gasteiger partial charge in [-0.2, -0.15) is 0 Å². The lowest BCUT2D eigenvalue weighted by Gasteiger charge is -2.46. The zero-order valence-electron chi connectivity index (χ0n) is 24.2. The predicted octanol–water partition coefficient (Wildman–Crippen LogP) is 5.11. The van der Waals surface area contributed by atoms with Gasteiger partial charge in [-0.3, -0.25) is 4.79 Å². The van der Waals surface area contributed by atoms with Crippen molar-refractivity contribution in [3.05, 3.63) is 76.1 Å². The second-order valence-corrected chi connectivity index (χ2v) is 15.4. The van der Waals surface area contributed by atoms with Crippen molar-refractivity contribution in [1.29, 1.82) is 0 Å². The molecule has 0 radical (unpaired) electrons. The van der Waals surface area contributed by atoms with E-state index in [1.54, 1.807) is 4.57 Å². The van der Waals surface area contributed by atoms with Crippen LogP contribution in [0.25, 0.3) is 22.3 Å². The van der Waals surface area contributed by atoms with E-state index in [0.717, 1.165) is 28.2 Å². The molecule has 0 bridgehead atoms. The Labute approximate surface area is 240 Å². The minimum atomic E-state index is -3.22. The fraction of sp³-hybridized carbons (Fsp3) is 0.419. The normalized spacial score (nSPS) is 17.8. The molecule has 0 aliphatic carbocycles. The Bertz CT molecular complexity index is 1590. The molecular weight excluding hydrogens is 540 g/mol. The minimum Gasteiger partial charge on any atom is -0.460 e. The van der Waals surface area contributed by atoms with Crippen molar-refractivity contribution >= 4 is 31.4 Å². The van der Waals surface area contributed by atoms with Crippen LogP contribution < -0.4 is 5.56 Å². The van der Waals surface area contributed by atoms with Gasteiger partial charge in [0.15, 0.2) is 5.60 Å². The zero-order valence-corrected chi connectivity index (χ0v) is 25.2. The van der Waals surface area contributed by atoms with E-state index in [4.69, 9.17) is 23.3 Å². The summed E-state index contributed by atoms with van der Waals surface area (Å²) in [6.07, 6.45) is 1.34. The van der Waals surface area contributed by atoms with Gasteiger partial charge in [0.05, 0.1) is 35.6 Å². The summed E-state index contributed by atoms with van der Waals surface area (Å²) in [5.41, 5.74) is 2.16. The fourth-order valence-electron chi connectivity index (χ4n) is 6.02. The van der Waals surface area contributed by atoms with Gasteiger partial charge in [-0.1, -0.05) is 59.4 Å². The molecule has 0 N–H and O–H groups in total. The van der Waals surface area contributed by atoms with Crippen molar-refractivity contribution in [2.24, 2.45) is 0 Å². The monoisotopic (exact) mass is 576 g/mol. The summed E-state index contributed by atoms with van der Waals surface area (Å²) in [5.74, 6) is -1.08. The Morgan fingerprint density at radius 3 is 2.59 bits per heavy atom. The molecule has 41 heavy (non-hydrogen) atoms. The largest absolute Gasteiger partial charge is 0.460 e. The summed E-state index contributed by atoms with van der Waals surface area (Å²) in [6.45, 7) is 13.7. The molecule has 2 aliphatic rings. The molecule has 2 aromatic heterocycles. The molecule has 3 aromatic rings. The van der Waals surface area contributed by atoms with Gasteiger partial charge in [-0.15, -0.1) is 0 Å². The minimum absolute atomic E-state index is 0.0217. The second kappa shape index (κ2) is 11.0. The van der Waals surface area contributed by atoms with Crippen LogP contribution in [0.2, 0.25) is 11.1 Å². The average Bonchev–Trinajstić information content (AvgIpc) is 3.32. The summed E-state index contributed by atoms with van der Waals surface area (Å²) in [7, 11) is -3.22. The van der Waals surface area contributed by atoms with E-state index >= 15 is 0 Å². The van der Waals surface area contributed by atoms with Gasteiger partial charge in [0.2, 0.25) is 0 Å². The number of aromatic nitrogens is 2. The molecule has 0 unspecified atom stereocenters. The SMILES string of the molecule is C=CC(=O)OCCO[Si](O[C@]1(CC)C(=O)OCc2c1cc1n(c2=O)Cc2cc3ccccc3nc2-1)(C(C)C)C(C)C. The van der Waals surface area contributed by atoms with Gasteiger partial charge in [0.1, 0.15) is 13.2 Å². The lowest BCUT2D eigenvalue weighted by Crippen LogP contribution is -2.58. The first-order chi connectivity index (χ1) is 19.6. The number of cyclic esters (lactones) is 1. The topological polar surface area (TPSA) is 106 Å². The predicted molar refractivity (Wildman–Crippen MR) is 156 cm³/mol. The highest BCUT2D eigenvalue weighted by atomic mass is 28.4. The van der Waals surface area contributed by atoms with E-state index in [2.05, 4.69) is 12.6 Å². The highest BCUT2D eigenvalue weighted by Gasteiger charge is 2.57. The second-order valence-electron chi connectivity index (χ2n) is 11.1. The molecule has 4 heterocycles. The van der Waals surface area contributed by atoms with Gasteiger partial charge >= 0.3 is 20.5 Å². The van der Waals surface area contributed by atoms with E-state index in [9.17, 15) is 14.4 Å². The summed E-state index contributed by atoms with van der Waals surface area (Å²) in [4.78, 5) is 44.1. The van der Waals surface area contributed by atoms with Gasteiger partial charge < -0.3 is 22.9 Å². The molecule has 0 spiro atoms. The number of nitrogens with zero attached hydrogens (tertiary/aromatic N) is 2. The highest BCUT2D eigenvalue weighted by molar-refractivity contribution is 6.70. The average molecular weight is 577 g/mol. The summed E-state index contributed by atoms with van der Waals surface area (Å²) in [6, 6.07) is 11.8. The van der Waals surface area contributed by atoms with E-state index in [1.165, 1.54) is 0 Å². The van der Waals surface area contributed by atoms with Crippen molar-refractivity contribution in [2.45, 2.75) is 70.9 Å². The maximum absolute atomic E-state index is 13.9. The van der Waals surface area contributed by atoms with E-state index < -0.39 is 26.1 Å². The number of esters is 2. The number of carbonyl (C=O) groups excluding carboxylic acids is 2. The molecule has 10 heteroatoms. The fourth-order valence-corrected chi connectivity index (χ4v) is 9.84. The van der Waals surface area contributed by atoms with Crippen molar-refractivity contribution < 1.29 is 27.9 Å². The molecule has 0 saturated heterocycles. The van der Waals surface area contributed by atoms with Crippen LogP contribution in [0.1, 0.15) is 57.7 Å². The van der Waals surface area contributed by atoms with Crippen LogP contribution >= 0.6 is 0 Å². The zero-order chi connectivity index (χ0) is 29.5. The first-order valence-electron chi connectivity index (χ1n) is 14.0. The van der Waals surface area contributed by atoms with E-state index in [1.807, 2.05) is 65.0 Å². The van der Waals surface area contributed by atoms with E-state index in [-0.39, 0.29) is 42.9 Å². The first-order valence-corrected chi connectivity index (χ1v) is 16.0. The lowest BCUT2D eigenvalue weighted by atomic mass is 9.86. The molecule has 1 aromatic carbocycles. The van der Waals surface area contributed by atoms with Gasteiger partial charge in [-0.05, 0) is 35.7 Å². The van der Waals surface area contributed by atoms with Crippen LogP contribution in [0.4, 0.5) is 0 Å². The number of hydrogen-bond donors (Lipinski definition) is 0. The van der Waals surface area contributed by atoms with Crippen LogP contribution in [-0.2, 0) is 46.7 Å². The number of rotatable bonds is 10. The van der Waals surface area contributed by atoms with Gasteiger partial charge in [0, 0.05) is 22.6 Å². The van der Waals surface area contributed by atoms with Crippen LogP contribution in [0, 0.1) is 0 Å². The standard InChI is InChI=1S/C31H36N2O7Si/c1-7-27(34)37-13-14-39-41(19(3)4,20(5)6)40-31(8-2)24-16-26-28-22(15-21-11-9-10-12-25(21)32-28)17-33(26)29(35)23(24)18-38-30(31)36/h7,9-12,15-16,19-20H,1,8,13-14,17-18H2,2-6H3/t31-/m0/s1. The van der Waals surface area contributed by atoms with Crippen LogP contribution in [-0.4, -0.2) is 43.3 Å². The molecule has 0 amide bonds. The number of hydrogen-bond acceptors (Lipinski definition) is 8. The smallest absolute Gasteiger partial charge is 0.344 e. The summed E-state index contributed by atoms with van der Waals surface area (Å²) >= 11 is 0. The van der Waals surface area contributed by atoms with Crippen LogP contribution in [0.3, 0.4) is 0 Å². The molecule has 5 rings (SSSR count). The highest BCUT2D eigenvalue weighted by Crippen LogP contribution is 2.46. The van der Waals surface area contributed by atoms with Crippen LogP contribution in [0.15, 0.2) is 53.8 Å². The third-order valence-corrected chi connectivity index (χ3v) is 12.7. The Hall–Kier alpha value is -3.60. The van der Waals surface area contributed by atoms with Crippen molar-refractivity contribution in [3.8, 4) is 11.4 Å². The summed E-state index contributed by atoms with van der Waals surface area (Å²) in [5, 5.41) is 1.00. The van der Waals surface area contributed by atoms with Crippen molar-refractivity contribution in [2.75, 3.05) is 13.2 Å². The first kappa shape index (κ1) is 28.9. The Morgan fingerprint density at radius 1 is 1.17 bits per heavy atom. The van der Waals surface area contributed by atoms with Gasteiger partial charge in [-0.25, -0.2) is 14.6 Å². The number of pyridine rings is 2. The number of fused-ring (bicyclic) bond motifs is 5. The van der Waals surface area contributed by atoms with Gasteiger partial charge in [0.25, 0.3) is 5.56 Å². The number of ether oxygens (including phenoxy) is 2. The molecular formula is C31H36N2O7Si. The summed E-state index contributed by atoms with van der Waals surface area (Å²) < 4.78 is 26.0. The maximum Gasteiger partial charge on any atom is 0.344 e. The third-order valence-electron chi connectivity index (χ3n) is 8.15. The lowest BCUT2D eigenvalue weighted by molar-refractivity contribution is -0.172. The number of benzene rings is 1. The van der Waals surface area contributed by atoms with Crippen molar-refractivity contribution in [1.82, 2.24) is 9.55 Å². The van der Waals surface area contributed by atoms with E-state index in [0.29, 0.717) is 23.4 Å². The number of para-hydroxylation sites is 1. The Balaban J connectivity index is 1.62. The maximum atomic E-state index is 13.9. The molecule has 0 saturated carbocycles. The molecule has 9 nitrogen and oxygen atoms in total. The van der Waals surface area contributed by atoms with Crippen LogP contribution in [0.5, 0.6) is 0 Å². The molecule has 2 aliphatic heterocycles.